The van der Waals surface area contributed by atoms with Crippen LogP contribution in [0.25, 0.3) is 0 Å². The van der Waals surface area contributed by atoms with E-state index in [-0.39, 0.29) is 13.0 Å². The van der Waals surface area contributed by atoms with Gasteiger partial charge in [0.05, 0.1) is 18.6 Å². The number of aliphatic carboxylic acids is 1. The summed E-state index contributed by atoms with van der Waals surface area (Å²) in [6.45, 7) is 3.59. The van der Waals surface area contributed by atoms with Crippen LogP contribution >= 0.6 is 0 Å². The number of carbonyl (C=O) groups excluding carboxylic acids is 1. The van der Waals surface area contributed by atoms with Gasteiger partial charge in [-0.05, 0) is 13.8 Å². The number of carboxylic acids is 1. The van der Waals surface area contributed by atoms with Crippen molar-refractivity contribution in [2.24, 2.45) is 0 Å². The lowest BCUT2D eigenvalue weighted by Crippen LogP contribution is -2.52. The highest BCUT2D eigenvalue weighted by Crippen LogP contribution is 1.97. The molecular formula is C10H17N3O4. The molecule has 2 amide bonds. The van der Waals surface area contributed by atoms with Gasteiger partial charge >= 0.3 is 12.0 Å². The van der Waals surface area contributed by atoms with E-state index in [0.29, 0.717) is 6.54 Å². The number of aliphatic hydroxyl groups excluding tert-OH is 1. The Morgan fingerprint density at radius 1 is 1.53 bits per heavy atom. The van der Waals surface area contributed by atoms with Crippen molar-refractivity contribution in [1.82, 2.24) is 10.2 Å². The van der Waals surface area contributed by atoms with Gasteiger partial charge < -0.3 is 20.4 Å². The number of nitrogens with zero attached hydrogens (tertiary/aromatic N) is 2. The topological polar surface area (TPSA) is 114 Å². The summed E-state index contributed by atoms with van der Waals surface area (Å²) in [6.07, 6.45) is -1.01. The molecule has 0 rings (SSSR count). The Kier molecular flexibility index (Phi) is 6.67. The zero-order chi connectivity index (χ0) is 13.4. The standard InChI is InChI=1S/C10H17N3O4/c1-3-13(6-4-5-11)10(17)12-8(7(2)14)9(15)16/h7-8,14H,3-4,6H2,1-2H3,(H,12,17)(H,15,16)/t7-,8+/m1/s1. The Balaban J connectivity index is 4.47. The first kappa shape index (κ1) is 15.2. The van der Waals surface area contributed by atoms with Crippen molar-refractivity contribution in [3.8, 4) is 6.07 Å². The maximum atomic E-state index is 11.6. The van der Waals surface area contributed by atoms with Gasteiger partial charge in [-0.15, -0.1) is 0 Å². The van der Waals surface area contributed by atoms with E-state index in [1.807, 2.05) is 6.07 Å². The fourth-order valence-corrected chi connectivity index (χ4v) is 1.20. The molecule has 0 aliphatic heterocycles. The summed E-state index contributed by atoms with van der Waals surface area (Å²) in [6, 6.07) is -0.0505. The fourth-order valence-electron chi connectivity index (χ4n) is 1.20. The van der Waals surface area contributed by atoms with Crippen LogP contribution < -0.4 is 5.32 Å². The van der Waals surface area contributed by atoms with Gasteiger partial charge in [0, 0.05) is 13.1 Å². The molecule has 0 heterocycles. The maximum absolute atomic E-state index is 11.6. The molecule has 0 aromatic carbocycles. The van der Waals surface area contributed by atoms with Crippen LogP contribution in [0.2, 0.25) is 0 Å². The van der Waals surface area contributed by atoms with Crippen LogP contribution in [0.3, 0.4) is 0 Å². The quantitative estimate of drug-likeness (QED) is 0.596. The average Bonchev–Trinajstić information content (AvgIpc) is 2.26. The Labute approximate surface area is 99.6 Å². The lowest BCUT2D eigenvalue weighted by molar-refractivity contribution is -0.141. The van der Waals surface area contributed by atoms with Gasteiger partial charge in [0.25, 0.3) is 0 Å². The third-order valence-electron chi connectivity index (χ3n) is 2.19. The minimum absolute atomic E-state index is 0.174. The Bertz CT molecular complexity index is 311. The van der Waals surface area contributed by atoms with E-state index in [4.69, 9.17) is 10.4 Å². The largest absolute Gasteiger partial charge is 0.480 e. The van der Waals surface area contributed by atoms with Gasteiger partial charge in [0.2, 0.25) is 0 Å². The predicted molar refractivity (Wildman–Crippen MR) is 59.1 cm³/mol. The molecule has 0 unspecified atom stereocenters. The van der Waals surface area contributed by atoms with Crippen molar-refractivity contribution < 1.29 is 19.8 Å². The fraction of sp³-hybridized carbons (Fsp3) is 0.700. The van der Waals surface area contributed by atoms with E-state index in [0.717, 1.165) is 0 Å². The first-order valence-electron chi connectivity index (χ1n) is 5.27. The lowest BCUT2D eigenvalue weighted by atomic mass is 10.2. The van der Waals surface area contributed by atoms with Gasteiger partial charge in [-0.3, -0.25) is 0 Å². The van der Waals surface area contributed by atoms with E-state index in [9.17, 15) is 14.7 Å². The molecule has 0 saturated carbocycles. The van der Waals surface area contributed by atoms with E-state index in [2.05, 4.69) is 5.32 Å². The summed E-state index contributed by atoms with van der Waals surface area (Å²) < 4.78 is 0. The molecular weight excluding hydrogens is 226 g/mol. The molecule has 17 heavy (non-hydrogen) atoms. The Morgan fingerprint density at radius 3 is 2.47 bits per heavy atom. The molecule has 0 aliphatic carbocycles. The summed E-state index contributed by atoms with van der Waals surface area (Å²) in [5, 5.41) is 28.6. The number of carbonyl (C=O) groups is 2. The molecule has 0 radical (unpaired) electrons. The number of nitrogens with one attached hydrogen (secondary N) is 1. The molecule has 7 heteroatoms. The minimum atomic E-state index is -1.35. The monoisotopic (exact) mass is 243 g/mol. The molecule has 7 nitrogen and oxygen atoms in total. The van der Waals surface area contributed by atoms with Gasteiger partial charge in [-0.2, -0.15) is 5.26 Å². The lowest BCUT2D eigenvalue weighted by Gasteiger charge is -2.24. The summed E-state index contributed by atoms with van der Waals surface area (Å²) in [5.74, 6) is -1.30. The molecule has 0 aromatic rings. The maximum Gasteiger partial charge on any atom is 0.328 e. The molecule has 0 bridgehead atoms. The van der Waals surface area contributed by atoms with Crippen LogP contribution in [-0.2, 0) is 4.79 Å². The highest BCUT2D eigenvalue weighted by atomic mass is 16.4. The summed E-state index contributed by atoms with van der Waals surface area (Å²) >= 11 is 0. The Hall–Kier alpha value is -1.81. The zero-order valence-electron chi connectivity index (χ0n) is 9.88. The van der Waals surface area contributed by atoms with Crippen molar-refractivity contribution in [3.63, 3.8) is 0 Å². The van der Waals surface area contributed by atoms with E-state index >= 15 is 0 Å². The summed E-state index contributed by atoms with van der Waals surface area (Å²) in [5.41, 5.74) is 0. The molecule has 0 aliphatic rings. The van der Waals surface area contributed by atoms with Gasteiger partial charge in [0.1, 0.15) is 0 Å². The van der Waals surface area contributed by atoms with Gasteiger partial charge in [-0.1, -0.05) is 0 Å². The average molecular weight is 243 g/mol. The number of aliphatic hydroxyl groups is 1. The van der Waals surface area contributed by atoms with E-state index < -0.39 is 24.1 Å². The van der Waals surface area contributed by atoms with E-state index in [1.165, 1.54) is 11.8 Å². The minimum Gasteiger partial charge on any atom is -0.480 e. The van der Waals surface area contributed by atoms with Gasteiger partial charge in [0.15, 0.2) is 6.04 Å². The second kappa shape index (κ2) is 7.46. The number of amides is 2. The third-order valence-corrected chi connectivity index (χ3v) is 2.19. The molecule has 0 fully saturated rings. The number of carboxylic acid groups (broad SMARTS) is 1. The van der Waals surface area contributed by atoms with Crippen molar-refractivity contribution in [2.45, 2.75) is 32.4 Å². The molecule has 0 aromatic heterocycles. The SMILES string of the molecule is CCN(CCC#N)C(=O)N[C@H](C(=O)O)[C@@H](C)O. The molecule has 2 atom stereocenters. The first-order chi connectivity index (χ1) is 7.93. The molecule has 0 spiro atoms. The van der Waals surface area contributed by atoms with Crippen molar-refractivity contribution >= 4 is 12.0 Å². The molecule has 0 saturated heterocycles. The van der Waals surface area contributed by atoms with Crippen LogP contribution in [0.5, 0.6) is 0 Å². The molecule has 96 valence electrons. The van der Waals surface area contributed by atoms with Gasteiger partial charge in [-0.25, -0.2) is 9.59 Å². The van der Waals surface area contributed by atoms with E-state index in [1.54, 1.807) is 6.92 Å². The van der Waals surface area contributed by atoms with Crippen LogP contribution in [-0.4, -0.2) is 52.3 Å². The molecule has 3 N–H and O–H groups in total. The normalized spacial score (nSPS) is 13.3. The smallest absolute Gasteiger partial charge is 0.328 e. The Morgan fingerprint density at radius 2 is 2.12 bits per heavy atom. The van der Waals surface area contributed by atoms with Crippen LogP contribution in [0.4, 0.5) is 4.79 Å². The van der Waals surface area contributed by atoms with Crippen LogP contribution in [0.1, 0.15) is 20.3 Å². The third kappa shape index (κ3) is 5.17. The highest BCUT2D eigenvalue weighted by Gasteiger charge is 2.26. The first-order valence-corrected chi connectivity index (χ1v) is 5.27. The summed E-state index contributed by atoms with van der Waals surface area (Å²) in [7, 11) is 0. The number of nitriles is 1. The van der Waals surface area contributed by atoms with Crippen molar-refractivity contribution in [1.29, 1.82) is 5.26 Å². The number of hydrogen-bond acceptors (Lipinski definition) is 4. The second-order valence-corrected chi connectivity index (χ2v) is 3.49. The number of rotatable bonds is 6. The predicted octanol–water partition coefficient (Wildman–Crippen LogP) is -0.234. The summed E-state index contributed by atoms with van der Waals surface area (Å²) in [4.78, 5) is 23.7. The van der Waals surface area contributed by atoms with Crippen LogP contribution in [0, 0.1) is 11.3 Å². The zero-order valence-corrected chi connectivity index (χ0v) is 9.88. The van der Waals surface area contributed by atoms with Crippen molar-refractivity contribution in [3.05, 3.63) is 0 Å². The highest BCUT2D eigenvalue weighted by molar-refractivity contribution is 5.83. The number of hydrogen-bond donors (Lipinski definition) is 3. The van der Waals surface area contributed by atoms with Crippen LogP contribution in [0.15, 0.2) is 0 Å². The second-order valence-electron chi connectivity index (χ2n) is 3.49. The number of urea groups is 1. The van der Waals surface area contributed by atoms with Crippen molar-refractivity contribution in [2.75, 3.05) is 13.1 Å².